The lowest BCUT2D eigenvalue weighted by Crippen LogP contribution is -2.14. The van der Waals surface area contributed by atoms with Gasteiger partial charge in [0.1, 0.15) is 28.7 Å². The Hall–Kier alpha value is -7.91. The van der Waals surface area contributed by atoms with Crippen molar-refractivity contribution < 1.29 is 38.1 Å². The van der Waals surface area contributed by atoms with Crippen LogP contribution in [0.4, 0.5) is 21.9 Å². The molecule has 0 aliphatic rings. The van der Waals surface area contributed by atoms with Crippen LogP contribution in [0, 0.1) is 13.8 Å². The fourth-order valence-corrected chi connectivity index (χ4v) is 6.31. The average Bonchev–Trinajstić information content (AvgIpc) is 3.26. The van der Waals surface area contributed by atoms with Crippen molar-refractivity contribution >= 4 is 46.8 Å². The van der Waals surface area contributed by atoms with E-state index in [9.17, 15) is 14.4 Å². The van der Waals surface area contributed by atoms with Crippen molar-refractivity contribution in [3.8, 4) is 28.7 Å². The second-order valence-corrected chi connectivity index (χ2v) is 13.8. The summed E-state index contributed by atoms with van der Waals surface area (Å²) in [5, 5.41) is 0. The van der Waals surface area contributed by atoms with Gasteiger partial charge in [0.05, 0.1) is 12.7 Å². The van der Waals surface area contributed by atoms with Gasteiger partial charge in [0, 0.05) is 24.0 Å². The van der Waals surface area contributed by atoms with Gasteiger partial charge in [0.2, 0.25) is 0 Å². The van der Waals surface area contributed by atoms with Crippen molar-refractivity contribution in [2.75, 3.05) is 12.0 Å². The van der Waals surface area contributed by atoms with Gasteiger partial charge in [-0.1, -0.05) is 71.8 Å². The number of hydrogen-bond donors (Lipinski definition) is 0. The fraction of sp³-hybridized carbons (Fsp3) is 0.0784. The summed E-state index contributed by atoms with van der Waals surface area (Å²) in [4.78, 5) is 38.8. The number of nitrogens with zero attached hydrogens (tertiary/aromatic N) is 1. The lowest BCUT2D eigenvalue weighted by atomic mass is 9.95. The molecule has 0 amide bonds. The number of methoxy groups -OCH3 is 1. The van der Waals surface area contributed by atoms with E-state index in [1.54, 1.807) is 19.2 Å². The van der Waals surface area contributed by atoms with Gasteiger partial charge in [-0.05, 0) is 151 Å². The van der Waals surface area contributed by atoms with E-state index in [4.69, 9.17) is 23.7 Å². The minimum Gasteiger partial charge on any atom is -0.497 e. The molecule has 0 saturated heterocycles. The highest BCUT2D eigenvalue weighted by Crippen LogP contribution is 2.36. The Bertz CT molecular complexity index is 2550. The van der Waals surface area contributed by atoms with E-state index in [0.29, 0.717) is 5.75 Å². The molecule has 0 N–H and O–H groups in total. The SMILES string of the molecule is COc1ccc(C(=Cc2ccc(N(c3ccc(C)cc3)c3ccc(C)cc3)cc2)c2ccc(OC(=O)Oc3ccc(C(=O)Oc4ccc(OC(C)=O)cc4)cc3)cc2)cc1. The predicted octanol–water partition coefficient (Wildman–Crippen LogP) is 12.1. The summed E-state index contributed by atoms with van der Waals surface area (Å²) in [6, 6.07) is 52.4. The van der Waals surface area contributed by atoms with Crippen LogP contribution in [0.25, 0.3) is 11.6 Å². The first-order chi connectivity index (χ1) is 29.1. The molecule has 0 radical (unpaired) electrons. The number of ether oxygens (including phenoxy) is 5. The van der Waals surface area contributed by atoms with Crippen LogP contribution in [0.3, 0.4) is 0 Å². The molecule has 0 atom stereocenters. The van der Waals surface area contributed by atoms with Gasteiger partial charge in [0.15, 0.2) is 0 Å². The van der Waals surface area contributed by atoms with E-state index in [-0.39, 0.29) is 22.8 Å². The van der Waals surface area contributed by atoms with Crippen molar-refractivity contribution in [3.05, 3.63) is 203 Å². The topological polar surface area (TPSA) is 101 Å². The Morgan fingerprint density at radius 1 is 0.433 bits per heavy atom. The molecule has 0 bridgehead atoms. The number of hydrogen-bond acceptors (Lipinski definition) is 9. The number of benzene rings is 7. The molecular weight excluding hydrogens is 755 g/mol. The highest BCUT2D eigenvalue weighted by atomic mass is 16.7. The molecule has 7 aromatic rings. The number of anilines is 3. The number of carbonyl (C=O) groups is 3. The number of rotatable bonds is 12. The molecule has 9 nitrogen and oxygen atoms in total. The zero-order valence-corrected chi connectivity index (χ0v) is 33.5. The highest BCUT2D eigenvalue weighted by Gasteiger charge is 2.15. The third-order valence-electron chi connectivity index (χ3n) is 9.40. The molecule has 9 heteroatoms. The molecular formula is C51H41NO8. The first kappa shape index (κ1) is 40.3. The first-order valence-corrected chi connectivity index (χ1v) is 19.1. The van der Waals surface area contributed by atoms with Gasteiger partial charge in [0.25, 0.3) is 0 Å². The minimum absolute atomic E-state index is 0.176. The molecule has 0 heterocycles. The molecule has 7 aromatic carbocycles. The van der Waals surface area contributed by atoms with E-state index < -0.39 is 18.1 Å². The zero-order chi connectivity index (χ0) is 42.0. The predicted molar refractivity (Wildman–Crippen MR) is 233 cm³/mol. The molecule has 298 valence electrons. The van der Waals surface area contributed by atoms with Crippen LogP contribution >= 0.6 is 0 Å². The first-order valence-electron chi connectivity index (χ1n) is 19.1. The largest absolute Gasteiger partial charge is 0.519 e. The van der Waals surface area contributed by atoms with Gasteiger partial charge in [-0.2, -0.15) is 0 Å². The van der Waals surface area contributed by atoms with E-state index in [2.05, 4.69) is 97.6 Å². The fourth-order valence-electron chi connectivity index (χ4n) is 6.31. The number of carbonyl (C=O) groups excluding carboxylic acids is 3. The van der Waals surface area contributed by atoms with Gasteiger partial charge < -0.3 is 28.6 Å². The maximum Gasteiger partial charge on any atom is 0.519 e. The summed E-state index contributed by atoms with van der Waals surface area (Å²) in [5.74, 6) is 0.741. The monoisotopic (exact) mass is 795 g/mol. The van der Waals surface area contributed by atoms with Crippen molar-refractivity contribution in [3.63, 3.8) is 0 Å². The summed E-state index contributed by atoms with van der Waals surface area (Å²) in [6.45, 7) is 5.47. The Morgan fingerprint density at radius 2 is 0.800 bits per heavy atom. The number of esters is 2. The molecule has 60 heavy (non-hydrogen) atoms. The summed E-state index contributed by atoms with van der Waals surface area (Å²) in [5.41, 5.74) is 9.60. The van der Waals surface area contributed by atoms with Gasteiger partial charge in [-0.25, -0.2) is 9.59 Å². The second kappa shape index (κ2) is 18.6. The van der Waals surface area contributed by atoms with Gasteiger partial charge in [-0.15, -0.1) is 0 Å². The van der Waals surface area contributed by atoms with Crippen LogP contribution in [-0.4, -0.2) is 25.2 Å². The van der Waals surface area contributed by atoms with Crippen molar-refractivity contribution in [1.82, 2.24) is 0 Å². The third kappa shape index (κ3) is 10.3. The van der Waals surface area contributed by atoms with Crippen molar-refractivity contribution in [2.45, 2.75) is 20.8 Å². The molecule has 0 aromatic heterocycles. The minimum atomic E-state index is -0.942. The number of aryl methyl sites for hydroxylation is 2. The van der Waals surface area contributed by atoms with E-state index in [0.717, 1.165) is 45.1 Å². The lowest BCUT2D eigenvalue weighted by molar-refractivity contribution is -0.131. The molecule has 0 saturated carbocycles. The van der Waals surface area contributed by atoms with E-state index in [1.807, 2.05) is 36.4 Å². The molecule has 0 spiro atoms. The highest BCUT2D eigenvalue weighted by molar-refractivity contribution is 5.92. The Balaban J connectivity index is 1.05. The molecule has 0 unspecified atom stereocenters. The normalized spacial score (nSPS) is 11.0. The summed E-state index contributed by atoms with van der Waals surface area (Å²) in [6.07, 6.45) is 1.18. The van der Waals surface area contributed by atoms with Crippen molar-refractivity contribution in [1.29, 1.82) is 0 Å². The summed E-state index contributed by atoms with van der Waals surface area (Å²) < 4.78 is 26.7. The smallest absolute Gasteiger partial charge is 0.497 e. The van der Waals surface area contributed by atoms with Crippen LogP contribution in [0.1, 0.15) is 45.1 Å². The van der Waals surface area contributed by atoms with Gasteiger partial charge >= 0.3 is 18.1 Å². The molecule has 0 fully saturated rings. The maximum absolute atomic E-state index is 12.8. The van der Waals surface area contributed by atoms with Crippen LogP contribution in [0.5, 0.6) is 28.7 Å². The summed E-state index contributed by atoms with van der Waals surface area (Å²) in [7, 11) is 1.64. The maximum atomic E-state index is 12.8. The van der Waals surface area contributed by atoms with Crippen LogP contribution in [0.2, 0.25) is 0 Å². The van der Waals surface area contributed by atoms with E-state index >= 15 is 0 Å². The zero-order valence-electron chi connectivity index (χ0n) is 33.5. The average molecular weight is 796 g/mol. The Morgan fingerprint density at radius 3 is 1.23 bits per heavy atom. The third-order valence-corrected chi connectivity index (χ3v) is 9.40. The second-order valence-electron chi connectivity index (χ2n) is 13.8. The summed E-state index contributed by atoms with van der Waals surface area (Å²) >= 11 is 0. The van der Waals surface area contributed by atoms with Crippen LogP contribution in [0.15, 0.2) is 170 Å². The Kier molecular flexibility index (Phi) is 12.5. The molecule has 7 rings (SSSR count). The lowest BCUT2D eigenvalue weighted by Gasteiger charge is -2.26. The standard InChI is InChI=1S/C51H41NO8/c1-34-5-17-41(18-6-34)52(42-19-7-35(2)8-20-42)43-21-9-37(10-22-43)33-49(38-11-23-44(56-4)24-12-38)39-13-25-47(26-14-39)59-51(55)60-48-27-15-40(16-28-48)50(54)58-46-31-29-45(30-32-46)57-36(3)53/h5-33H,1-4H3. The van der Waals surface area contributed by atoms with E-state index in [1.165, 1.54) is 66.6 Å². The molecule has 0 aliphatic heterocycles. The quantitative estimate of drug-likeness (QED) is 0.0518. The molecule has 0 aliphatic carbocycles. The van der Waals surface area contributed by atoms with Gasteiger partial charge in [-0.3, -0.25) is 4.79 Å². The van der Waals surface area contributed by atoms with Crippen molar-refractivity contribution in [2.24, 2.45) is 0 Å². The Labute approximate surface area is 348 Å². The van der Waals surface area contributed by atoms with Crippen LogP contribution in [-0.2, 0) is 4.79 Å². The van der Waals surface area contributed by atoms with Crippen LogP contribution < -0.4 is 28.6 Å².